The largest absolute Gasteiger partial charge is 0.484 e. The summed E-state index contributed by atoms with van der Waals surface area (Å²) in [5.41, 5.74) is -0.0984. The third-order valence-corrected chi connectivity index (χ3v) is 9.26. The highest BCUT2D eigenvalue weighted by Gasteiger charge is 2.58. The van der Waals surface area contributed by atoms with Gasteiger partial charge >= 0.3 is 0 Å². The van der Waals surface area contributed by atoms with E-state index in [4.69, 9.17) is 27.9 Å². The second-order valence-electron chi connectivity index (χ2n) is 11.4. The van der Waals surface area contributed by atoms with Crippen LogP contribution < -0.4 is 15.4 Å². The van der Waals surface area contributed by atoms with Crippen LogP contribution in [0.15, 0.2) is 29.8 Å². The van der Waals surface area contributed by atoms with Crippen molar-refractivity contribution in [1.29, 1.82) is 0 Å². The summed E-state index contributed by atoms with van der Waals surface area (Å²) in [4.78, 5) is 26.1. The molecule has 1 aromatic carbocycles. The van der Waals surface area contributed by atoms with E-state index in [0.717, 1.165) is 38.2 Å². The molecule has 9 heteroatoms. The maximum Gasteiger partial charge on any atom is 0.258 e. The van der Waals surface area contributed by atoms with E-state index in [-0.39, 0.29) is 40.5 Å². The van der Waals surface area contributed by atoms with Crippen LogP contribution in [0, 0.1) is 17.2 Å². The van der Waals surface area contributed by atoms with Crippen LogP contribution in [0.3, 0.4) is 0 Å². The molecule has 2 bridgehead atoms. The molecule has 0 spiro atoms. The second kappa shape index (κ2) is 14.2. The van der Waals surface area contributed by atoms with Crippen LogP contribution in [0.25, 0.3) is 0 Å². The molecule has 0 aliphatic heterocycles. The van der Waals surface area contributed by atoms with E-state index in [1.807, 2.05) is 0 Å². The van der Waals surface area contributed by atoms with E-state index >= 15 is 0 Å². The van der Waals surface area contributed by atoms with Crippen LogP contribution in [0.2, 0.25) is 5.02 Å². The molecule has 3 aliphatic rings. The Hall–Kier alpha value is -1.83. The molecule has 3 atom stereocenters. The van der Waals surface area contributed by atoms with Crippen LogP contribution in [0.1, 0.15) is 85.0 Å². The summed E-state index contributed by atoms with van der Waals surface area (Å²) in [6, 6.07) is 4.00. The zero-order valence-corrected chi connectivity index (χ0v) is 24.8. The first kappa shape index (κ1) is 31.7. The number of fused-ring (bicyclic) bond motifs is 3. The fourth-order valence-corrected chi connectivity index (χ4v) is 6.25. The zero-order chi connectivity index (χ0) is 28.6. The Kier molecular flexibility index (Phi) is 11.5. The minimum atomic E-state index is -0.852. The lowest BCUT2D eigenvalue weighted by atomic mass is 9.55. The van der Waals surface area contributed by atoms with Crippen molar-refractivity contribution < 1.29 is 23.8 Å². The molecule has 3 saturated carbocycles. The number of nitrogens with one attached hydrogen (secondary N) is 2. The summed E-state index contributed by atoms with van der Waals surface area (Å²) >= 11 is 12.1. The van der Waals surface area contributed by atoms with Gasteiger partial charge in [-0.1, -0.05) is 43.5 Å². The number of amides is 2. The van der Waals surface area contributed by atoms with Gasteiger partial charge < -0.3 is 20.5 Å². The summed E-state index contributed by atoms with van der Waals surface area (Å²) in [6.45, 7) is 6.61. The number of allylic oxidation sites excluding steroid dienone is 1. The Morgan fingerprint density at radius 3 is 2.56 bits per heavy atom. The van der Waals surface area contributed by atoms with Crippen molar-refractivity contribution in [2.45, 2.75) is 102 Å². The molecule has 6 nitrogen and oxygen atoms in total. The van der Waals surface area contributed by atoms with Crippen molar-refractivity contribution in [3.8, 4) is 5.75 Å². The van der Waals surface area contributed by atoms with E-state index in [0.29, 0.717) is 38.6 Å². The lowest BCUT2D eigenvalue weighted by Gasteiger charge is -2.55. The first-order valence-corrected chi connectivity index (χ1v) is 15.0. The van der Waals surface area contributed by atoms with Gasteiger partial charge in [0.05, 0.1) is 16.5 Å². The highest BCUT2D eigenvalue weighted by Crippen LogP contribution is 2.52. The average molecular weight is 586 g/mol. The van der Waals surface area contributed by atoms with E-state index in [2.05, 4.69) is 37.5 Å². The van der Waals surface area contributed by atoms with E-state index in [1.165, 1.54) is 17.7 Å². The van der Waals surface area contributed by atoms with Crippen LogP contribution in [0.4, 0.5) is 4.39 Å². The van der Waals surface area contributed by atoms with Gasteiger partial charge in [-0.2, -0.15) is 0 Å². The maximum atomic E-state index is 13.6. The van der Waals surface area contributed by atoms with Crippen LogP contribution >= 0.6 is 23.2 Å². The van der Waals surface area contributed by atoms with Gasteiger partial charge in [0.1, 0.15) is 11.6 Å². The summed E-state index contributed by atoms with van der Waals surface area (Å²) in [6.07, 6.45) is 8.73. The highest BCUT2D eigenvalue weighted by molar-refractivity contribution is 6.30. The van der Waals surface area contributed by atoms with Crippen molar-refractivity contribution in [2.75, 3.05) is 13.2 Å². The normalized spacial score (nSPS) is 26.1. The fraction of sp³-hybridized carbons (Fsp3) is 0.667. The average Bonchev–Trinajstić information content (AvgIpc) is 2.91. The van der Waals surface area contributed by atoms with Crippen molar-refractivity contribution >= 4 is 35.0 Å². The molecular formula is C30H43Cl2FN2O4. The quantitative estimate of drug-likeness (QED) is 0.176. The summed E-state index contributed by atoms with van der Waals surface area (Å²) in [5.74, 6) is -0.665. The number of benzene rings is 1. The third kappa shape index (κ3) is 8.34. The Morgan fingerprint density at radius 2 is 1.95 bits per heavy atom. The number of ether oxygens (including phenoxy) is 1. The number of hydrogen-bond donors (Lipinski definition) is 3. The molecule has 218 valence electrons. The van der Waals surface area contributed by atoms with Crippen molar-refractivity contribution in [1.82, 2.24) is 10.6 Å². The number of rotatable bonds is 14. The highest BCUT2D eigenvalue weighted by atomic mass is 35.5. The number of aliphatic hydroxyl groups excluding tert-OH is 1. The third-order valence-electron chi connectivity index (χ3n) is 8.42. The van der Waals surface area contributed by atoms with Gasteiger partial charge in [-0.15, -0.1) is 11.6 Å². The van der Waals surface area contributed by atoms with Gasteiger partial charge in [-0.25, -0.2) is 4.39 Å². The van der Waals surface area contributed by atoms with Gasteiger partial charge in [0.25, 0.3) is 5.91 Å². The number of carbonyl (C=O) groups excluding carboxylic acids is 2. The van der Waals surface area contributed by atoms with E-state index < -0.39 is 22.9 Å². The van der Waals surface area contributed by atoms with Crippen molar-refractivity contribution in [3.63, 3.8) is 0 Å². The predicted octanol–water partition coefficient (Wildman–Crippen LogP) is 6.31. The predicted molar refractivity (Wildman–Crippen MR) is 154 cm³/mol. The second-order valence-corrected chi connectivity index (χ2v) is 12.4. The lowest BCUT2D eigenvalue weighted by molar-refractivity contribution is -0.156. The molecule has 0 saturated heterocycles. The van der Waals surface area contributed by atoms with Crippen molar-refractivity contribution in [2.24, 2.45) is 11.3 Å². The summed E-state index contributed by atoms with van der Waals surface area (Å²) in [7, 11) is 0. The van der Waals surface area contributed by atoms with Gasteiger partial charge in [0, 0.05) is 23.5 Å². The van der Waals surface area contributed by atoms with Crippen LogP contribution in [-0.2, 0) is 9.59 Å². The fourth-order valence-electron chi connectivity index (χ4n) is 6.00. The monoisotopic (exact) mass is 584 g/mol. The molecule has 1 aromatic rings. The standard InChI is InChI=1S/C30H43Cl2FN2O4/c1-4-6-20(3)15-21(7-8-22(31)5-2)18-34-28(38)30-13-11-29(12-14-30,17-26(30)36)35-27(37)19-39-23-9-10-24(32)25(33)16-23/h9-10,15-16,21-22,26,36H,4-8,11-14,17-19H2,1-3H3,(H,34,38)(H,35,37)/b20-15+. The number of aliphatic hydroxyl groups is 1. The SMILES string of the molecule is CCC/C(C)=C/C(CCC(Cl)CC)CNC(=O)C12CCC(NC(=O)COc3ccc(Cl)c(F)c3)(CC1)CC2O. The maximum absolute atomic E-state index is 13.6. The van der Waals surface area contributed by atoms with Crippen LogP contribution in [-0.4, -0.2) is 47.1 Å². The number of halogens is 3. The number of hydrogen-bond acceptors (Lipinski definition) is 4. The molecule has 3 N–H and O–H groups in total. The van der Waals surface area contributed by atoms with Gasteiger partial charge in [0.2, 0.25) is 5.91 Å². The minimum absolute atomic E-state index is 0.0180. The topological polar surface area (TPSA) is 87.7 Å². The molecule has 0 heterocycles. The summed E-state index contributed by atoms with van der Waals surface area (Å²) < 4.78 is 19.1. The van der Waals surface area contributed by atoms with Gasteiger partial charge in [0.15, 0.2) is 6.61 Å². The van der Waals surface area contributed by atoms with Gasteiger partial charge in [-0.05, 0) is 82.8 Å². The Labute approximate surface area is 242 Å². The van der Waals surface area contributed by atoms with Gasteiger partial charge in [-0.3, -0.25) is 9.59 Å². The Bertz CT molecular complexity index is 1030. The Balaban J connectivity index is 1.55. The molecule has 39 heavy (non-hydrogen) atoms. The summed E-state index contributed by atoms with van der Waals surface area (Å²) in [5, 5.41) is 17.4. The molecule has 4 rings (SSSR count). The Morgan fingerprint density at radius 1 is 1.23 bits per heavy atom. The zero-order valence-electron chi connectivity index (χ0n) is 23.3. The molecular weight excluding hydrogens is 542 g/mol. The molecule has 3 fully saturated rings. The number of carbonyl (C=O) groups is 2. The molecule has 3 aliphatic carbocycles. The first-order chi connectivity index (χ1) is 18.5. The van der Waals surface area contributed by atoms with Crippen molar-refractivity contribution in [3.05, 3.63) is 40.7 Å². The van der Waals surface area contributed by atoms with E-state index in [9.17, 15) is 19.1 Å². The smallest absolute Gasteiger partial charge is 0.258 e. The molecule has 0 radical (unpaired) electrons. The molecule has 3 unspecified atom stereocenters. The molecule has 2 amide bonds. The number of alkyl halides is 1. The molecule has 0 aromatic heterocycles. The van der Waals surface area contributed by atoms with E-state index in [1.54, 1.807) is 0 Å². The first-order valence-electron chi connectivity index (χ1n) is 14.2. The minimum Gasteiger partial charge on any atom is -0.484 e. The lowest BCUT2D eigenvalue weighted by Crippen LogP contribution is -2.65. The van der Waals surface area contributed by atoms with Crippen LogP contribution in [0.5, 0.6) is 5.75 Å².